The van der Waals surface area contributed by atoms with E-state index in [1.54, 1.807) is 0 Å². The van der Waals surface area contributed by atoms with Crippen molar-refractivity contribution in [3.63, 3.8) is 0 Å². The van der Waals surface area contributed by atoms with Crippen LogP contribution in [0.2, 0.25) is 0 Å². The summed E-state index contributed by atoms with van der Waals surface area (Å²) in [5.41, 5.74) is 0. The van der Waals surface area contributed by atoms with Gasteiger partial charge in [0.15, 0.2) is 0 Å². The van der Waals surface area contributed by atoms with Crippen LogP contribution >= 0.6 is 15.9 Å². The van der Waals surface area contributed by atoms with Crippen molar-refractivity contribution >= 4 is 21.8 Å². The van der Waals surface area contributed by atoms with Crippen LogP contribution in [0.15, 0.2) is 0 Å². The van der Waals surface area contributed by atoms with Crippen LogP contribution in [0.3, 0.4) is 0 Å². The molecule has 1 unspecified atom stereocenters. The molecule has 0 aromatic rings. The molecule has 0 aliphatic carbocycles. The highest BCUT2D eigenvalue weighted by Gasteiger charge is 2.20. The molecule has 1 aliphatic rings. The SMILES string of the molecule is CCCC(CBr)CN1CCCCC1=O. The molecule has 14 heavy (non-hydrogen) atoms. The first-order valence-electron chi connectivity index (χ1n) is 5.61. The molecule has 0 bridgehead atoms. The maximum atomic E-state index is 11.6. The van der Waals surface area contributed by atoms with Crippen LogP contribution in [0.1, 0.15) is 39.0 Å². The van der Waals surface area contributed by atoms with E-state index in [4.69, 9.17) is 0 Å². The summed E-state index contributed by atoms with van der Waals surface area (Å²) in [4.78, 5) is 13.6. The topological polar surface area (TPSA) is 20.3 Å². The summed E-state index contributed by atoms with van der Waals surface area (Å²) in [5.74, 6) is 1.00. The number of carbonyl (C=O) groups excluding carboxylic acids is 1. The molecular weight excluding hydrogens is 242 g/mol. The summed E-state index contributed by atoms with van der Waals surface area (Å²) >= 11 is 3.53. The fourth-order valence-electron chi connectivity index (χ4n) is 1.99. The Morgan fingerprint density at radius 1 is 1.50 bits per heavy atom. The summed E-state index contributed by atoms with van der Waals surface area (Å²) in [7, 11) is 0. The summed E-state index contributed by atoms with van der Waals surface area (Å²) < 4.78 is 0. The lowest BCUT2D eigenvalue weighted by atomic mass is 10.0. The van der Waals surface area contributed by atoms with Crippen LogP contribution in [0.5, 0.6) is 0 Å². The normalized spacial score (nSPS) is 19.9. The quantitative estimate of drug-likeness (QED) is 0.698. The molecule has 0 N–H and O–H groups in total. The maximum absolute atomic E-state index is 11.6. The molecule has 1 heterocycles. The molecule has 1 atom stereocenters. The molecule has 82 valence electrons. The Morgan fingerprint density at radius 2 is 2.29 bits per heavy atom. The van der Waals surface area contributed by atoms with Gasteiger partial charge in [0.25, 0.3) is 0 Å². The van der Waals surface area contributed by atoms with Gasteiger partial charge >= 0.3 is 0 Å². The Bertz CT molecular complexity index is 184. The molecule has 3 heteroatoms. The fourth-order valence-corrected chi connectivity index (χ4v) is 2.52. The molecule has 0 spiro atoms. The van der Waals surface area contributed by atoms with Gasteiger partial charge in [0.2, 0.25) is 5.91 Å². The second kappa shape index (κ2) is 6.44. The van der Waals surface area contributed by atoms with E-state index in [9.17, 15) is 4.79 Å². The molecule has 1 aliphatic heterocycles. The highest BCUT2D eigenvalue weighted by Crippen LogP contribution is 2.16. The highest BCUT2D eigenvalue weighted by atomic mass is 79.9. The molecule has 0 aromatic carbocycles. The average Bonchev–Trinajstić information content (AvgIpc) is 2.20. The van der Waals surface area contributed by atoms with Gasteiger partial charge < -0.3 is 4.90 Å². The van der Waals surface area contributed by atoms with Gasteiger partial charge in [-0.05, 0) is 25.2 Å². The first-order valence-corrected chi connectivity index (χ1v) is 6.73. The molecule has 0 aromatic heterocycles. The van der Waals surface area contributed by atoms with E-state index in [1.807, 2.05) is 4.90 Å². The van der Waals surface area contributed by atoms with Crippen molar-refractivity contribution in [1.82, 2.24) is 4.90 Å². The van der Waals surface area contributed by atoms with Gasteiger partial charge in [0.1, 0.15) is 0 Å². The number of hydrogen-bond acceptors (Lipinski definition) is 1. The Balaban J connectivity index is 2.35. The molecular formula is C11H20BrNO. The summed E-state index contributed by atoms with van der Waals surface area (Å²) in [6.45, 7) is 4.14. The van der Waals surface area contributed by atoms with Gasteiger partial charge in [-0.2, -0.15) is 0 Å². The maximum Gasteiger partial charge on any atom is 0.222 e. The van der Waals surface area contributed by atoms with Gasteiger partial charge in [-0.15, -0.1) is 0 Å². The number of halogens is 1. The zero-order valence-corrected chi connectivity index (χ0v) is 10.6. The van der Waals surface area contributed by atoms with Crippen molar-refractivity contribution in [2.45, 2.75) is 39.0 Å². The average molecular weight is 262 g/mol. The lowest BCUT2D eigenvalue weighted by molar-refractivity contribution is -0.133. The van der Waals surface area contributed by atoms with Crippen LogP contribution in [0.4, 0.5) is 0 Å². The van der Waals surface area contributed by atoms with Crippen molar-refractivity contribution in [2.75, 3.05) is 18.4 Å². The van der Waals surface area contributed by atoms with Crippen LogP contribution in [0.25, 0.3) is 0 Å². The number of nitrogens with zero attached hydrogens (tertiary/aromatic N) is 1. The van der Waals surface area contributed by atoms with E-state index in [0.717, 1.165) is 31.3 Å². The van der Waals surface area contributed by atoms with Crippen molar-refractivity contribution in [1.29, 1.82) is 0 Å². The number of amides is 1. The Morgan fingerprint density at radius 3 is 2.86 bits per heavy atom. The number of rotatable bonds is 5. The van der Waals surface area contributed by atoms with Gasteiger partial charge in [-0.1, -0.05) is 29.3 Å². The number of likely N-dealkylation sites (tertiary alicyclic amines) is 1. The first kappa shape index (κ1) is 12.0. The third kappa shape index (κ3) is 3.60. The van der Waals surface area contributed by atoms with Crippen molar-refractivity contribution in [3.8, 4) is 0 Å². The van der Waals surface area contributed by atoms with Gasteiger partial charge in [0.05, 0.1) is 0 Å². The van der Waals surface area contributed by atoms with E-state index in [1.165, 1.54) is 19.3 Å². The molecule has 2 nitrogen and oxygen atoms in total. The predicted molar refractivity (Wildman–Crippen MR) is 62.6 cm³/mol. The van der Waals surface area contributed by atoms with Gasteiger partial charge in [-0.25, -0.2) is 0 Å². The number of hydrogen-bond donors (Lipinski definition) is 0. The minimum atomic E-state index is 0.360. The van der Waals surface area contributed by atoms with E-state index < -0.39 is 0 Å². The number of carbonyl (C=O) groups is 1. The zero-order valence-electron chi connectivity index (χ0n) is 8.97. The number of piperidine rings is 1. The Kier molecular flexibility index (Phi) is 5.53. The van der Waals surface area contributed by atoms with Crippen LogP contribution < -0.4 is 0 Å². The molecule has 1 saturated heterocycles. The number of alkyl halides is 1. The second-order valence-electron chi connectivity index (χ2n) is 4.11. The highest BCUT2D eigenvalue weighted by molar-refractivity contribution is 9.09. The van der Waals surface area contributed by atoms with Crippen LogP contribution in [0, 0.1) is 5.92 Å². The van der Waals surface area contributed by atoms with Crippen molar-refractivity contribution in [3.05, 3.63) is 0 Å². The molecule has 1 amide bonds. The van der Waals surface area contributed by atoms with E-state index in [0.29, 0.717) is 11.8 Å². The minimum Gasteiger partial charge on any atom is -0.342 e. The summed E-state index contributed by atoms with van der Waals surface area (Å²) in [6, 6.07) is 0. The third-order valence-electron chi connectivity index (χ3n) is 2.82. The van der Waals surface area contributed by atoms with Crippen LogP contribution in [-0.4, -0.2) is 29.2 Å². The smallest absolute Gasteiger partial charge is 0.222 e. The van der Waals surface area contributed by atoms with Gasteiger partial charge in [-0.3, -0.25) is 4.79 Å². The molecule has 1 fully saturated rings. The second-order valence-corrected chi connectivity index (χ2v) is 4.75. The largest absolute Gasteiger partial charge is 0.342 e. The third-order valence-corrected chi connectivity index (χ3v) is 3.73. The fraction of sp³-hybridized carbons (Fsp3) is 0.909. The first-order chi connectivity index (χ1) is 6.77. The van der Waals surface area contributed by atoms with E-state index in [-0.39, 0.29) is 0 Å². The van der Waals surface area contributed by atoms with Crippen molar-refractivity contribution < 1.29 is 4.79 Å². The van der Waals surface area contributed by atoms with E-state index >= 15 is 0 Å². The predicted octanol–water partition coefficient (Wildman–Crippen LogP) is 2.81. The molecule has 0 saturated carbocycles. The Hall–Kier alpha value is -0.0500. The van der Waals surface area contributed by atoms with Gasteiger partial charge in [0, 0.05) is 24.8 Å². The lowest BCUT2D eigenvalue weighted by Crippen LogP contribution is -2.39. The summed E-state index contributed by atoms with van der Waals surface area (Å²) in [6.07, 6.45) is 5.46. The Labute approximate surface area is 95.2 Å². The zero-order chi connectivity index (χ0) is 10.4. The molecule has 0 radical (unpaired) electrons. The summed E-state index contributed by atoms with van der Waals surface area (Å²) in [5, 5.41) is 1.02. The standard InChI is InChI=1S/C11H20BrNO/c1-2-5-10(8-12)9-13-7-4-3-6-11(13)14/h10H,2-9H2,1H3. The van der Waals surface area contributed by atoms with E-state index in [2.05, 4.69) is 22.9 Å². The monoisotopic (exact) mass is 261 g/mol. The van der Waals surface area contributed by atoms with Crippen LogP contribution in [-0.2, 0) is 4.79 Å². The minimum absolute atomic E-state index is 0.360. The van der Waals surface area contributed by atoms with Crippen molar-refractivity contribution in [2.24, 2.45) is 5.92 Å². The molecule has 1 rings (SSSR count). The lowest BCUT2D eigenvalue weighted by Gasteiger charge is -2.29.